The molecule has 5 heterocycles. The van der Waals surface area contributed by atoms with Crippen molar-refractivity contribution in [2.45, 2.75) is 171 Å². The largest absolute Gasteiger partial charge is 0.514 e. The van der Waals surface area contributed by atoms with Crippen molar-refractivity contribution in [3.8, 4) is 5.75 Å². The van der Waals surface area contributed by atoms with Crippen molar-refractivity contribution >= 4 is 41.1 Å². The normalized spacial score (nSPS) is 36.7. The van der Waals surface area contributed by atoms with E-state index in [2.05, 4.69) is 65.8 Å². The third kappa shape index (κ3) is 14.0. The molecule has 2 N–H and O–H groups in total. The topological polar surface area (TPSA) is 217 Å². The number of hydrogen-bond acceptors (Lipinski definition) is 15. The van der Waals surface area contributed by atoms with Crippen molar-refractivity contribution in [1.82, 2.24) is 4.90 Å². The third-order valence-corrected chi connectivity index (χ3v) is 15.5. The monoisotopic (exact) mass is 1040 g/mol. The number of carbonyl (C=O) groups is 2. The predicted octanol–water partition coefficient (Wildman–Crippen LogP) is 9.14. The Kier molecular flexibility index (Phi) is 20.1. The molecule has 0 radical (unpaired) electrons. The Balaban J connectivity index is 0.000000195. The first-order valence-electron chi connectivity index (χ1n) is 25.4. The van der Waals surface area contributed by atoms with E-state index in [1.54, 1.807) is 19.1 Å². The minimum atomic E-state index is -0.879. The SMILES string of the molecule is CO[C@H]1C([C@]2(C)O[C@@H]2/C=C/C(C)C)[C@]2(CC[C@H]1OC(=O)N1CCCC1CO)CO2.CO[C@H]1C([C@]2(C)O[C@@H]2/C=C/C(C)C)[C@]2(CC[C@H]1OC(=O)Oc1ccc([N+](=O)[O-])cc1)CO2.ClCCl.OCC1CCCC1. The van der Waals surface area contributed by atoms with Crippen molar-refractivity contribution in [3.63, 3.8) is 0 Å². The standard InChI is InChI=1S/C23H29NO8.C22H35NO6.C6H12O.CH2Cl2/c1-14(2)5-10-18-22(3,32-18)20-19(28-4)17(11-12-23(20)13-29-23)31-21(25)30-16-8-6-15(7-9-16)24(26)27;1-14(2)7-8-17-21(3,29-17)19-18(26-4)16(9-10-22(19)13-27-22)28-20(25)23-11-5-6-15(23)12-24;7-5-6-3-1-2-4-6;2-1-3/h5-10,14,17-20H,11-13H2,1-4H3;7-8,14-19,24H,5-6,9-13H2,1-4H3;6-7H,1-5H2;1H2/b10-5+;8-7+;;/t17-,18-,19-,20?,22-,23+;15?,16-,17-,18-,19?,21-,22+;;/m11../s1. The lowest BCUT2D eigenvalue weighted by molar-refractivity contribution is -0.384. The second-order valence-electron chi connectivity index (χ2n) is 21.1. The third-order valence-electron chi connectivity index (χ3n) is 15.5. The number of rotatable bonds is 14. The summed E-state index contributed by atoms with van der Waals surface area (Å²) >= 11 is 9.53. The number of non-ortho nitro benzene ring substituents is 1. The molecule has 0 aromatic heterocycles. The number of aliphatic hydroxyl groups is 2. The first-order chi connectivity index (χ1) is 33.9. The highest BCUT2D eigenvalue weighted by atomic mass is 35.5. The highest BCUT2D eigenvalue weighted by Crippen LogP contribution is 2.60. The number of nitrogens with zero attached hydrogens (tertiary/aromatic N) is 2. The molecule has 19 heteroatoms. The number of likely N-dealkylation sites (tertiary alicyclic amines) is 1. The van der Waals surface area contributed by atoms with Gasteiger partial charge in [-0.15, -0.1) is 23.2 Å². The van der Waals surface area contributed by atoms with Crippen LogP contribution in [-0.2, 0) is 37.9 Å². The molecule has 0 bridgehead atoms. The van der Waals surface area contributed by atoms with Crippen molar-refractivity contribution in [1.29, 1.82) is 0 Å². The number of ether oxygens (including phenoxy) is 9. The van der Waals surface area contributed by atoms with Crippen LogP contribution in [-0.4, -0.2) is 150 Å². The zero-order valence-corrected chi connectivity index (χ0v) is 44.2. The lowest BCUT2D eigenvalue weighted by Gasteiger charge is -2.43. The summed E-state index contributed by atoms with van der Waals surface area (Å²) in [6.07, 6.45) is 15.5. The molecule has 17 nitrogen and oxygen atoms in total. The number of halogens is 2. The van der Waals surface area contributed by atoms with Gasteiger partial charge in [0.1, 0.15) is 64.8 Å². The second-order valence-corrected chi connectivity index (χ2v) is 21.9. The Bertz CT molecular complexity index is 1960. The molecule has 5 aliphatic heterocycles. The van der Waals surface area contributed by atoms with Gasteiger partial charge < -0.3 is 57.7 Å². The number of nitro benzene ring substituents is 1. The highest BCUT2D eigenvalue weighted by Gasteiger charge is 2.73. The molecular formula is C52H78Cl2N2O15. The number of carbonyl (C=O) groups excluding carboxylic acids is 2. The number of allylic oxidation sites excluding steroid dienone is 2. The average Bonchev–Trinajstić information content (AvgIpc) is 4.33. The van der Waals surface area contributed by atoms with E-state index in [1.807, 2.05) is 0 Å². The number of methoxy groups -OCH3 is 2. The predicted molar refractivity (Wildman–Crippen MR) is 266 cm³/mol. The van der Waals surface area contributed by atoms with Crippen LogP contribution in [0.2, 0.25) is 0 Å². The number of nitro groups is 1. The van der Waals surface area contributed by atoms with Crippen molar-refractivity contribution in [2.75, 3.05) is 52.5 Å². The second kappa shape index (κ2) is 25.0. The lowest BCUT2D eigenvalue weighted by atomic mass is 9.68. The van der Waals surface area contributed by atoms with Gasteiger partial charge in [0, 0.05) is 39.5 Å². The summed E-state index contributed by atoms with van der Waals surface area (Å²) in [4.78, 5) is 37.2. The van der Waals surface area contributed by atoms with E-state index >= 15 is 0 Å². The van der Waals surface area contributed by atoms with E-state index in [9.17, 15) is 24.8 Å². The van der Waals surface area contributed by atoms with Crippen molar-refractivity contribution < 1.29 is 67.4 Å². The van der Waals surface area contributed by atoms with Gasteiger partial charge in [-0.2, -0.15) is 0 Å². The molecule has 3 unspecified atom stereocenters. The van der Waals surface area contributed by atoms with Crippen LogP contribution in [0.4, 0.5) is 15.3 Å². The van der Waals surface area contributed by atoms with Gasteiger partial charge in [0.2, 0.25) is 0 Å². The van der Waals surface area contributed by atoms with Crippen LogP contribution in [0.5, 0.6) is 5.75 Å². The van der Waals surface area contributed by atoms with Gasteiger partial charge in [-0.25, -0.2) is 9.59 Å². The Labute approximate surface area is 429 Å². The molecule has 1 amide bonds. The Morgan fingerprint density at radius 3 is 1.66 bits per heavy atom. The van der Waals surface area contributed by atoms with Gasteiger partial charge in [-0.3, -0.25) is 10.1 Å². The van der Waals surface area contributed by atoms with Crippen molar-refractivity contribution in [3.05, 3.63) is 58.7 Å². The zero-order chi connectivity index (χ0) is 51.7. The molecule has 8 aliphatic rings. The molecule has 3 saturated carbocycles. The summed E-state index contributed by atoms with van der Waals surface area (Å²) in [6, 6.07) is 5.10. The summed E-state index contributed by atoms with van der Waals surface area (Å²) in [5, 5.41) is 29.1. The minimum Gasteiger partial charge on any atom is -0.443 e. The van der Waals surface area contributed by atoms with E-state index in [-0.39, 0.29) is 88.6 Å². The maximum atomic E-state index is 12.8. The summed E-state index contributed by atoms with van der Waals surface area (Å²) in [7, 11) is 3.28. The number of aliphatic hydroxyl groups excluding tert-OH is 2. The summed E-state index contributed by atoms with van der Waals surface area (Å²) in [5.74, 6) is 1.60. The highest BCUT2D eigenvalue weighted by molar-refractivity contribution is 6.40. The lowest BCUT2D eigenvalue weighted by Crippen LogP contribution is -2.56. The fourth-order valence-electron chi connectivity index (χ4n) is 11.4. The number of epoxide rings is 4. The van der Waals surface area contributed by atoms with Crippen LogP contribution in [0.25, 0.3) is 0 Å². The van der Waals surface area contributed by atoms with Gasteiger partial charge in [0.15, 0.2) is 0 Å². The van der Waals surface area contributed by atoms with Crippen LogP contribution in [0.3, 0.4) is 0 Å². The first kappa shape index (κ1) is 57.2. The van der Waals surface area contributed by atoms with Crippen molar-refractivity contribution in [2.24, 2.45) is 29.6 Å². The molecular weight excluding hydrogens is 963 g/mol. The molecule has 9 rings (SSSR count). The van der Waals surface area contributed by atoms with Crippen LogP contribution < -0.4 is 4.74 Å². The van der Waals surface area contributed by atoms with E-state index in [0.29, 0.717) is 57.0 Å². The number of hydrogen-bond donors (Lipinski definition) is 2. The van der Waals surface area contributed by atoms with Gasteiger partial charge in [-0.05, 0) is 95.1 Å². The number of benzene rings is 1. The molecule has 2 spiro atoms. The van der Waals surface area contributed by atoms with Gasteiger partial charge in [0.05, 0.1) is 48.0 Å². The number of amides is 1. The van der Waals surface area contributed by atoms with Gasteiger partial charge >= 0.3 is 12.2 Å². The molecule has 1 aromatic rings. The van der Waals surface area contributed by atoms with Crippen LogP contribution in [0.1, 0.15) is 106 Å². The fraction of sp³-hybridized carbons (Fsp3) is 0.769. The number of alkyl halides is 2. The van der Waals surface area contributed by atoms with E-state index < -0.39 is 28.9 Å². The Morgan fingerprint density at radius 1 is 0.789 bits per heavy atom. The quantitative estimate of drug-likeness (QED) is 0.0338. The summed E-state index contributed by atoms with van der Waals surface area (Å²) in [5.41, 5.74) is -1.49. The molecule has 71 heavy (non-hydrogen) atoms. The average molecular weight is 1040 g/mol. The van der Waals surface area contributed by atoms with E-state index in [4.69, 9.17) is 70.9 Å². The maximum absolute atomic E-state index is 12.8. The maximum Gasteiger partial charge on any atom is 0.514 e. The van der Waals surface area contributed by atoms with Crippen LogP contribution in [0, 0.1) is 39.7 Å². The Hall–Kier alpha value is -3.10. The first-order valence-corrected chi connectivity index (χ1v) is 26.4. The van der Waals surface area contributed by atoms with Crippen LogP contribution in [0.15, 0.2) is 48.6 Å². The molecule has 3 aliphatic carbocycles. The van der Waals surface area contributed by atoms with Gasteiger partial charge in [-0.1, -0.05) is 64.8 Å². The molecule has 13 atom stereocenters. The van der Waals surface area contributed by atoms with E-state index in [0.717, 1.165) is 25.7 Å². The van der Waals surface area contributed by atoms with Gasteiger partial charge in [0.25, 0.3) is 5.69 Å². The fourth-order valence-corrected chi connectivity index (χ4v) is 11.4. The van der Waals surface area contributed by atoms with Crippen LogP contribution >= 0.6 is 23.2 Å². The molecule has 1 aromatic carbocycles. The molecule has 400 valence electrons. The Morgan fingerprint density at radius 2 is 1.27 bits per heavy atom. The summed E-state index contributed by atoms with van der Waals surface area (Å²) in [6.45, 7) is 15.1. The minimum absolute atomic E-state index is 0.000536. The zero-order valence-electron chi connectivity index (χ0n) is 42.7. The molecule has 5 saturated heterocycles. The van der Waals surface area contributed by atoms with E-state index in [1.165, 1.54) is 49.9 Å². The molecule has 8 fully saturated rings. The summed E-state index contributed by atoms with van der Waals surface area (Å²) < 4.78 is 52.7. The smallest absolute Gasteiger partial charge is 0.443 e.